The average Bonchev–Trinajstić information content (AvgIpc) is 2.99. The van der Waals surface area contributed by atoms with Gasteiger partial charge in [-0.25, -0.2) is 4.79 Å². The van der Waals surface area contributed by atoms with Crippen molar-refractivity contribution < 1.29 is 14.6 Å². The van der Waals surface area contributed by atoms with Crippen LogP contribution in [0.3, 0.4) is 0 Å². The summed E-state index contributed by atoms with van der Waals surface area (Å²) in [5.41, 5.74) is 1.65. The van der Waals surface area contributed by atoms with Crippen LogP contribution in [0.25, 0.3) is 6.08 Å². The Balaban J connectivity index is 1.64. The zero-order valence-electron chi connectivity index (χ0n) is 16.6. The molecule has 1 aromatic rings. The highest BCUT2D eigenvalue weighted by molar-refractivity contribution is 5.87. The topological polar surface area (TPSA) is 46.5 Å². The third kappa shape index (κ3) is 2.40. The highest BCUT2D eigenvalue weighted by Crippen LogP contribution is 2.77. The van der Waals surface area contributed by atoms with Gasteiger partial charge in [-0.3, -0.25) is 0 Å². The van der Waals surface area contributed by atoms with E-state index in [4.69, 9.17) is 4.74 Å². The van der Waals surface area contributed by atoms with Gasteiger partial charge in [-0.2, -0.15) is 0 Å². The molecule has 0 spiro atoms. The van der Waals surface area contributed by atoms with Gasteiger partial charge < -0.3 is 9.84 Å². The summed E-state index contributed by atoms with van der Waals surface area (Å²) < 4.78 is 6.09. The van der Waals surface area contributed by atoms with Gasteiger partial charge in [-0.15, -0.1) is 0 Å². The lowest BCUT2D eigenvalue weighted by Gasteiger charge is -2.47. The van der Waals surface area contributed by atoms with E-state index >= 15 is 0 Å². The highest BCUT2D eigenvalue weighted by Gasteiger charge is 2.75. The van der Waals surface area contributed by atoms with E-state index < -0.39 is 6.10 Å². The third-order valence-electron chi connectivity index (χ3n) is 8.41. The summed E-state index contributed by atoms with van der Waals surface area (Å²) >= 11 is 0. The minimum atomic E-state index is -0.505. The first kappa shape index (κ1) is 18.5. The van der Waals surface area contributed by atoms with Gasteiger partial charge in [0.25, 0.3) is 0 Å². The van der Waals surface area contributed by atoms with Gasteiger partial charge in [0, 0.05) is 17.4 Å². The molecule has 0 amide bonds. The van der Waals surface area contributed by atoms with Gasteiger partial charge in [0.15, 0.2) is 0 Å². The molecular formula is C24H30O3. The van der Waals surface area contributed by atoms with Crippen LogP contribution in [0.15, 0.2) is 48.6 Å². The quantitative estimate of drug-likeness (QED) is 0.476. The van der Waals surface area contributed by atoms with Crippen LogP contribution in [0.4, 0.5) is 0 Å². The fourth-order valence-electron chi connectivity index (χ4n) is 6.60. The van der Waals surface area contributed by atoms with Crippen molar-refractivity contribution in [2.45, 2.75) is 58.7 Å². The second kappa shape index (κ2) is 6.07. The standard InChI is InChI=1S/C24H30O3/c1-16-18(25)15-23(3)21(20(16)22(2)13-8-14-24(22,23)4)27-19(26)12-11-17-9-6-5-7-10-17/h5-7,9-12,18,20-21,25H,1,8,13-15H2,2-4H3/t18-,20-,21+,22-,23+,24-/m0/s1. The number of aliphatic hydroxyl groups excluding tert-OH is 1. The number of aliphatic hydroxyl groups is 1. The van der Waals surface area contributed by atoms with Crippen molar-refractivity contribution in [1.29, 1.82) is 0 Å². The van der Waals surface area contributed by atoms with Crippen molar-refractivity contribution in [1.82, 2.24) is 0 Å². The normalized spacial score (nSPS) is 43.1. The number of rotatable bonds is 3. The molecule has 3 nitrogen and oxygen atoms in total. The monoisotopic (exact) mass is 366 g/mol. The SMILES string of the molecule is C=C1[C@@H](O)C[C@]2(C)[C@H](OC(=O)C=Cc3ccccc3)[C@H]1[C@]1(C)CCC[C@@]12C. The molecule has 4 rings (SSSR count). The number of carbonyl (C=O) groups is 1. The molecule has 2 bridgehead atoms. The summed E-state index contributed by atoms with van der Waals surface area (Å²) in [6.07, 6.45) is 6.61. The lowest BCUT2D eigenvalue weighted by molar-refractivity contribution is -0.158. The van der Waals surface area contributed by atoms with E-state index in [1.807, 2.05) is 30.3 Å². The van der Waals surface area contributed by atoms with Crippen LogP contribution in [0.1, 0.15) is 52.0 Å². The van der Waals surface area contributed by atoms with E-state index in [-0.39, 0.29) is 34.2 Å². The maximum absolute atomic E-state index is 12.7. The van der Waals surface area contributed by atoms with Gasteiger partial charge in [0.05, 0.1) is 6.10 Å². The molecule has 0 aromatic heterocycles. The summed E-state index contributed by atoms with van der Waals surface area (Å²) in [4.78, 5) is 12.7. The van der Waals surface area contributed by atoms with E-state index in [0.29, 0.717) is 6.42 Å². The summed E-state index contributed by atoms with van der Waals surface area (Å²) in [6, 6.07) is 9.76. The predicted molar refractivity (Wildman–Crippen MR) is 107 cm³/mol. The number of hydrogen-bond donors (Lipinski definition) is 1. The van der Waals surface area contributed by atoms with Crippen molar-refractivity contribution in [3.8, 4) is 0 Å². The van der Waals surface area contributed by atoms with Crippen LogP contribution < -0.4 is 0 Å². The van der Waals surface area contributed by atoms with Crippen LogP contribution >= 0.6 is 0 Å². The van der Waals surface area contributed by atoms with Crippen molar-refractivity contribution in [2.24, 2.45) is 22.2 Å². The highest BCUT2D eigenvalue weighted by atomic mass is 16.5. The molecule has 3 fully saturated rings. The molecule has 0 saturated heterocycles. The summed E-state index contributed by atoms with van der Waals surface area (Å²) in [5.74, 6) is -0.288. The van der Waals surface area contributed by atoms with E-state index in [1.165, 1.54) is 12.5 Å². The van der Waals surface area contributed by atoms with Crippen LogP contribution in [0.5, 0.6) is 0 Å². The molecule has 3 saturated carbocycles. The molecule has 0 aliphatic heterocycles. The molecule has 3 aliphatic carbocycles. The second-order valence-corrected chi connectivity index (χ2v) is 9.39. The largest absolute Gasteiger partial charge is 0.458 e. The molecule has 0 radical (unpaired) electrons. The van der Waals surface area contributed by atoms with E-state index in [2.05, 4.69) is 27.4 Å². The Bertz CT molecular complexity index is 797. The van der Waals surface area contributed by atoms with E-state index in [0.717, 1.165) is 24.0 Å². The number of ether oxygens (including phenoxy) is 1. The van der Waals surface area contributed by atoms with Crippen LogP contribution in [0, 0.1) is 22.2 Å². The number of esters is 1. The molecule has 144 valence electrons. The van der Waals surface area contributed by atoms with Crippen LogP contribution in [-0.2, 0) is 9.53 Å². The van der Waals surface area contributed by atoms with E-state index in [9.17, 15) is 9.90 Å². The Hall–Kier alpha value is -1.87. The van der Waals surface area contributed by atoms with Crippen molar-refractivity contribution in [3.05, 3.63) is 54.1 Å². The van der Waals surface area contributed by atoms with Gasteiger partial charge in [0.2, 0.25) is 0 Å². The Morgan fingerprint density at radius 3 is 2.59 bits per heavy atom. The summed E-state index contributed by atoms with van der Waals surface area (Å²) in [7, 11) is 0. The van der Waals surface area contributed by atoms with Crippen molar-refractivity contribution in [2.75, 3.05) is 0 Å². The number of carbonyl (C=O) groups excluding carboxylic acids is 1. The first-order valence-corrected chi connectivity index (χ1v) is 10.0. The minimum absolute atomic E-state index is 0.0183. The molecular weight excluding hydrogens is 336 g/mol. The fourth-order valence-corrected chi connectivity index (χ4v) is 6.60. The number of hydrogen-bond acceptors (Lipinski definition) is 3. The lowest BCUT2D eigenvalue weighted by Crippen LogP contribution is -2.48. The predicted octanol–water partition coefficient (Wildman–Crippen LogP) is 4.77. The van der Waals surface area contributed by atoms with E-state index in [1.54, 1.807) is 6.08 Å². The molecule has 6 atom stereocenters. The van der Waals surface area contributed by atoms with Crippen LogP contribution in [0.2, 0.25) is 0 Å². The maximum atomic E-state index is 12.7. The average molecular weight is 367 g/mol. The third-order valence-corrected chi connectivity index (χ3v) is 8.41. The Morgan fingerprint density at radius 1 is 1.19 bits per heavy atom. The fraction of sp³-hybridized carbons (Fsp3) is 0.542. The van der Waals surface area contributed by atoms with Gasteiger partial charge in [-0.1, -0.05) is 64.1 Å². The Labute approximate surface area is 162 Å². The second-order valence-electron chi connectivity index (χ2n) is 9.39. The molecule has 1 N–H and O–H groups in total. The zero-order valence-corrected chi connectivity index (χ0v) is 16.6. The lowest BCUT2D eigenvalue weighted by atomic mass is 9.58. The molecule has 0 heterocycles. The zero-order chi connectivity index (χ0) is 19.4. The summed E-state index contributed by atoms with van der Waals surface area (Å²) in [5, 5.41) is 10.7. The Kier molecular flexibility index (Phi) is 4.15. The molecule has 1 aromatic carbocycles. The molecule has 3 aliphatic rings. The summed E-state index contributed by atoms with van der Waals surface area (Å²) in [6.45, 7) is 11.1. The van der Waals surface area contributed by atoms with Gasteiger partial charge >= 0.3 is 5.97 Å². The number of benzene rings is 1. The van der Waals surface area contributed by atoms with Gasteiger partial charge in [-0.05, 0) is 47.3 Å². The Morgan fingerprint density at radius 2 is 1.89 bits per heavy atom. The maximum Gasteiger partial charge on any atom is 0.331 e. The first-order valence-electron chi connectivity index (χ1n) is 10.0. The van der Waals surface area contributed by atoms with Crippen molar-refractivity contribution in [3.63, 3.8) is 0 Å². The smallest absolute Gasteiger partial charge is 0.331 e. The molecule has 3 heteroatoms. The number of fused-ring (bicyclic) bond motifs is 5. The van der Waals surface area contributed by atoms with Crippen LogP contribution in [-0.4, -0.2) is 23.3 Å². The van der Waals surface area contributed by atoms with Crippen molar-refractivity contribution >= 4 is 12.0 Å². The minimum Gasteiger partial charge on any atom is -0.458 e. The first-order chi connectivity index (χ1) is 12.7. The molecule has 27 heavy (non-hydrogen) atoms. The van der Waals surface area contributed by atoms with Gasteiger partial charge in [0.1, 0.15) is 6.10 Å². The molecule has 0 unspecified atom stereocenters.